The molecule has 8 heteroatoms. The number of carbonyl (C=O) groups is 1. The summed E-state index contributed by atoms with van der Waals surface area (Å²) in [6.45, 7) is 6.10. The summed E-state index contributed by atoms with van der Waals surface area (Å²) in [5.41, 5.74) is -1.15. The average Bonchev–Trinajstić information content (AvgIpc) is 2.59. The van der Waals surface area contributed by atoms with Crippen molar-refractivity contribution in [1.82, 2.24) is 9.88 Å². The van der Waals surface area contributed by atoms with Crippen molar-refractivity contribution in [3.63, 3.8) is 0 Å². The fourth-order valence-electron chi connectivity index (χ4n) is 3.70. The number of aromatic nitrogens is 1. The highest BCUT2D eigenvalue weighted by Crippen LogP contribution is 2.36. The number of ether oxygens (including phenoxy) is 1. The van der Waals surface area contributed by atoms with Crippen LogP contribution in [0.1, 0.15) is 32.3 Å². The van der Waals surface area contributed by atoms with Crippen LogP contribution in [-0.4, -0.2) is 54.2 Å². The molecule has 0 N–H and O–H groups in total. The molecule has 0 radical (unpaired) electrons. The lowest BCUT2D eigenvalue weighted by Gasteiger charge is -2.41. The van der Waals surface area contributed by atoms with Crippen LogP contribution in [0, 0.1) is 5.92 Å². The van der Waals surface area contributed by atoms with E-state index in [0.717, 1.165) is 6.07 Å². The third-order valence-corrected chi connectivity index (χ3v) is 4.90. The second kappa shape index (κ2) is 7.06. The number of rotatable bonds is 2. The number of hydrogen-bond donors (Lipinski definition) is 0. The van der Waals surface area contributed by atoms with Gasteiger partial charge in [-0.2, -0.15) is 13.2 Å². The highest BCUT2D eigenvalue weighted by Gasteiger charge is 2.39. The van der Waals surface area contributed by atoms with Gasteiger partial charge in [0, 0.05) is 32.4 Å². The molecule has 2 aliphatic rings. The van der Waals surface area contributed by atoms with Crippen molar-refractivity contribution in [3.05, 3.63) is 23.9 Å². The van der Waals surface area contributed by atoms with Crippen molar-refractivity contribution in [2.75, 3.05) is 37.7 Å². The van der Waals surface area contributed by atoms with Gasteiger partial charge in [-0.05, 0) is 38.8 Å². The molecule has 2 aliphatic heterocycles. The Morgan fingerprint density at radius 3 is 2.81 bits per heavy atom. The third-order valence-electron chi connectivity index (χ3n) is 4.90. The van der Waals surface area contributed by atoms with Gasteiger partial charge >= 0.3 is 6.18 Å². The Bertz CT molecular complexity index is 663. The summed E-state index contributed by atoms with van der Waals surface area (Å²) in [6, 6.07) is 2.33. The zero-order valence-electron chi connectivity index (χ0n) is 15.1. The topological polar surface area (TPSA) is 45.7 Å². The van der Waals surface area contributed by atoms with E-state index in [9.17, 15) is 18.0 Å². The maximum absolute atomic E-state index is 13.3. The Kier molecular flexibility index (Phi) is 5.14. The summed E-state index contributed by atoms with van der Waals surface area (Å²) in [5.74, 6) is -0.406. The minimum absolute atomic E-state index is 0.00411. The number of nitrogens with zero attached hydrogens (tertiary/aromatic N) is 3. The van der Waals surface area contributed by atoms with Crippen molar-refractivity contribution in [2.24, 2.45) is 5.92 Å². The monoisotopic (exact) mass is 371 g/mol. The van der Waals surface area contributed by atoms with E-state index in [2.05, 4.69) is 4.98 Å². The lowest BCUT2D eigenvalue weighted by Crippen LogP contribution is -2.54. The summed E-state index contributed by atoms with van der Waals surface area (Å²) in [7, 11) is 0. The van der Waals surface area contributed by atoms with Crippen LogP contribution in [0.4, 0.5) is 19.0 Å². The van der Waals surface area contributed by atoms with Crippen molar-refractivity contribution < 1.29 is 22.7 Å². The van der Waals surface area contributed by atoms with E-state index in [0.29, 0.717) is 39.1 Å². The Morgan fingerprint density at radius 1 is 1.35 bits per heavy atom. The van der Waals surface area contributed by atoms with Gasteiger partial charge in [-0.15, -0.1) is 0 Å². The van der Waals surface area contributed by atoms with Crippen LogP contribution >= 0.6 is 0 Å². The number of pyridine rings is 1. The van der Waals surface area contributed by atoms with Gasteiger partial charge in [-0.3, -0.25) is 4.79 Å². The smallest absolute Gasteiger partial charge is 0.372 e. The lowest BCUT2D eigenvalue weighted by molar-refractivity contribution is -0.150. The molecule has 1 aromatic rings. The van der Waals surface area contributed by atoms with E-state index < -0.39 is 17.3 Å². The first-order valence-corrected chi connectivity index (χ1v) is 8.87. The van der Waals surface area contributed by atoms with Gasteiger partial charge in [-0.25, -0.2) is 4.98 Å². The van der Waals surface area contributed by atoms with Crippen LogP contribution < -0.4 is 4.90 Å². The largest absolute Gasteiger partial charge is 0.419 e. The molecule has 0 bridgehead atoms. The third kappa shape index (κ3) is 4.11. The first-order chi connectivity index (χ1) is 12.2. The molecule has 0 aliphatic carbocycles. The van der Waals surface area contributed by atoms with Crippen LogP contribution in [0.5, 0.6) is 0 Å². The van der Waals surface area contributed by atoms with Crippen LogP contribution in [0.15, 0.2) is 18.3 Å². The zero-order valence-corrected chi connectivity index (χ0v) is 15.1. The molecule has 3 rings (SSSR count). The summed E-state index contributed by atoms with van der Waals surface area (Å²) < 4.78 is 45.5. The van der Waals surface area contributed by atoms with Gasteiger partial charge in [0.1, 0.15) is 5.82 Å². The standard InChI is InChI=1S/C18H24F3N3O2/c1-17(2)12-24(9-10-26-17)16(25)13-5-4-8-23(11-13)15-14(18(19,20)21)6-3-7-22-15/h3,6-7,13H,4-5,8-12H2,1-2H3. The van der Waals surface area contributed by atoms with Crippen molar-refractivity contribution in [3.8, 4) is 0 Å². The number of alkyl halides is 3. The van der Waals surface area contributed by atoms with E-state index in [1.807, 2.05) is 13.8 Å². The number of hydrogen-bond acceptors (Lipinski definition) is 4. The van der Waals surface area contributed by atoms with Crippen molar-refractivity contribution in [2.45, 2.75) is 38.5 Å². The molecule has 0 spiro atoms. The van der Waals surface area contributed by atoms with Gasteiger partial charge in [0.05, 0.1) is 23.7 Å². The molecule has 26 heavy (non-hydrogen) atoms. The number of carbonyl (C=O) groups excluding carboxylic acids is 1. The first kappa shape index (κ1) is 18.9. The molecular formula is C18H24F3N3O2. The highest BCUT2D eigenvalue weighted by molar-refractivity contribution is 5.80. The predicted octanol–water partition coefficient (Wildman–Crippen LogP) is 2.95. The Labute approximate surface area is 151 Å². The van der Waals surface area contributed by atoms with Gasteiger partial charge in [0.2, 0.25) is 5.91 Å². The van der Waals surface area contributed by atoms with Gasteiger partial charge in [0.25, 0.3) is 0 Å². The van der Waals surface area contributed by atoms with Gasteiger partial charge in [0.15, 0.2) is 0 Å². The molecule has 2 fully saturated rings. The van der Waals surface area contributed by atoms with Crippen LogP contribution in [0.2, 0.25) is 0 Å². The molecule has 3 heterocycles. The van der Waals surface area contributed by atoms with Crippen molar-refractivity contribution in [1.29, 1.82) is 0 Å². The molecular weight excluding hydrogens is 347 g/mol. The second-order valence-corrected chi connectivity index (χ2v) is 7.53. The van der Waals surface area contributed by atoms with Gasteiger partial charge < -0.3 is 14.5 Å². The zero-order chi connectivity index (χ0) is 18.9. The molecule has 1 atom stereocenters. The summed E-state index contributed by atoms with van der Waals surface area (Å²) in [6.07, 6.45) is -1.76. The molecule has 5 nitrogen and oxygen atoms in total. The number of amides is 1. The Balaban J connectivity index is 1.75. The highest BCUT2D eigenvalue weighted by atomic mass is 19.4. The molecule has 1 amide bonds. The van der Waals surface area contributed by atoms with E-state index in [1.54, 1.807) is 9.80 Å². The van der Waals surface area contributed by atoms with E-state index in [-0.39, 0.29) is 24.2 Å². The Morgan fingerprint density at radius 2 is 2.12 bits per heavy atom. The maximum Gasteiger partial charge on any atom is 0.419 e. The molecule has 1 unspecified atom stereocenters. The second-order valence-electron chi connectivity index (χ2n) is 7.53. The number of morpholine rings is 1. The minimum Gasteiger partial charge on any atom is -0.372 e. The number of piperidine rings is 1. The number of halogens is 3. The minimum atomic E-state index is -4.46. The van der Waals surface area contributed by atoms with E-state index in [4.69, 9.17) is 4.74 Å². The molecule has 2 saturated heterocycles. The first-order valence-electron chi connectivity index (χ1n) is 8.87. The maximum atomic E-state index is 13.3. The fraction of sp³-hybridized carbons (Fsp3) is 0.667. The van der Waals surface area contributed by atoms with Gasteiger partial charge in [-0.1, -0.05) is 0 Å². The molecule has 1 aromatic heterocycles. The summed E-state index contributed by atoms with van der Waals surface area (Å²) in [5, 5.41) is 0. The van der Waals surface area contributed by atoms with E-state index in [1.165, 1.54) is 12.3 Å². The average molecular weight is 371 g/mol. The van der Waals surface area contributed by atoms with Crippen LogP contribution in [-0.2, 0) is 15.7 Å². The lowest BCUT2D eigenvalue weighted by atomic mass is 9.95. The quantitative estimate of drug-likeness (QED) is 0.802. The Hall–Kier alpha value is -1.83. The number of anilines is 1. The molecule has 0 saturated carbocycles. The SMILES string of the molecule is CC1(C)CN(C(=O)C2CCCN(c3ncccc3C(F)(F)F)C2)CCO1. The summed E-state index contributed by atoms with van der Waals surface area (Å²) >= 11 is 0. The molecule has 144 valence electrons. The fourth-order valence-corrected chi connectivity index (χ4v) is 3.70. The van der Waals surface area contributed by atoms with Crippen LogP contribution in [0.3, 0.4) is 0 Å². The predicted molar refractivity (Wildman–Crippen MR) is 90.8 cm³/mol. The van der Waals surface area contributed by atoms with E-state index >= 15 is 0 Å². The summed E-state index contributed by atoms with van der Waals surface area (Å²) in [4.78, 5) is 20.2. The van der Waals surface area contributed by atoms with Crippen LogP contribution in [0.25, 0.3) is 0 Å². The molecule has 0 aromatic carbocycles. The normalized spacial score (nSPS) is 23.8. The van der Waals surface area contributed by atoms with Crippen molar-refractivity contribution >= 4 is 11.7 Å².